The number of nitrogens with zero attached hydrogens (tertiary/aromatic N) is 3. The van der Waals surface area contributed by atoms with Crippen LogP contribution in [-0.2, 0) is 6.54 Å². The van der Waals surface area contributed by atoms with Crippen LogP contribution in [0.25, 0.3) is 88.8 Å². The van der Waals surface area contributed by atoms with Gasteiger partial charge in [-0.1, -0.05) is 154 Å². The molecule has 0 amide bonds. The molecule has 0 unspecified atom stereocenters. The SMILES string of the molecule is CCCCCCn1c2ccccc2c2cc(-c3c(-c4ccccc4)c(-c4ccccc4)c(-c4ccccn4)c(-c4ccccn4)c3-c3ccccc3)ccc21. The highest BCUT2D eigenvalue weighted by Crippen LogP contribution is 2.55. The Morgan fingerprint density at radius 2 is 0.855 bits per heavy atom. The van der Waals surface area contributed by atoms with E-state index in [1.54, 1.807) is 0 Å². The Bertz CT molecular complexity index is 2600. The first kappa shape index (κ1) is 34.2. The van der Waals surface area contributed by atoms with Crippen molar-refractivity contribution >= 4 is 21.8 Å². The van der Waals surface area contributed by atoms with E-state index in [1.165, 1.54) is 64.2 Å². The molecule has 3 nitrogen and oxygen atoms in total. The molecule has 0 fully saturated rings. The summed E-state index contributed by atoms with van der Waals surface area (Å²) in [4.78, 5) is 10.2. The number of rotatable bonds is 11. The van der Waals surface area contributed by atoms with Crippen LogP contribution in [0.15, 0.2) is 182 Å². The molecule has 9 aromatic rings. The van der Waals surface area contributed by atoms with Crippen molar-refractivity contribution in [1.29, 1.82) is 0 Å². The third-order valence-corrected chi connectivity index (χ3v) is 10.8. The molecule has 0 aliphatic rings. The summed E-state index contributed by atoms with van der Waals surface area (Å²) in [5.41, 5.74) is 15.7. The number of aryl methyl sites for hydroxylation is 1. The number of fused-ring (bicyclic) bond motifs is 3. The van der Waals surface area contributed by atoms with E-state index < -0.39 is 0 Å². The standard InChI is InChI=1S/C52H43N3/c1-2-3-4-20-35-55-45-30-15-14-27-41(45)42-36-40(31-32-46(42)55)50-47(37-21-8-5-9-22-37)48(38-23-10-6-11-24-38)51(43-28-16-18-33-53-43)52(44-29-17-19-34-54-44)49(50)39-25-12-7-13-26-39/h5-19,21-34,36H,2-4,20,35H2,1H3. The average Bonchev–Trinajstić information content (AvgIpc) is 3.58. The monoisotopic (exact) mass is 709 g/mol. The normalized spacial score (nSPS) is 11.4. The van der Waals surface area contributed by atoms with Crippen molar-refractivity contribution in [3.05, 3.63) is 182 Å². The van der Waals surface area contributed by atoms with Crippen LogP contribution in [-0.4, -0.2) is 14.5 Å². The first-order chi connectivity index (χ1) is 27.3. The molecule has 3 heteroatoms. The van der Waals surface area contributed by atoms with E-state index in [0.717, 1.165) is 56.9 Å². The minimum absolute atomic E-state index is 0.907. The number of unbranched alkanes of at least 4 members (excludes halogenated alkanes) is 3. The summed E-state index contributed by atoms with van der Waals surface area (Å²) < 4.78 is 2.54. The van der Waals surface area contributed by atoms with Gasteiger partial charge in [0.2, 0.25) is 0 Å². The zero-order chi connectivity index (χ0) is 37.0. The minimum Gasteiger partial charge on any atom is -0.340 e. The predicted octanol–water partition coefficient (Wildman–Crippen LogP) is 14.2. The lowest BCUT2D eigenvalue weighted by Gasteiger charge is -2.28. The van der Waals surface area contributed by atoms with E-state index in [1.807, 2.05) is 24.5 Å². The summed E-state index contributed by atoms with van der Waals surface area (Å²) in [5.74, 6) is 0. The van der Waals surface area contributed by atoms with E-state index in [9.17, 15) is 0 Å². The largest absolute Gasteiger partial charge is 0.340 e. The third-order valence-electron chi connectivity index (χ3n) is 10.8. The van der Waals surface area contributed by atoms with Crippen LogP contribution in [0.1, 0.15) is 32.6 Å². The van der Waals surface area contributed by atoms with E-state index in [4.69, 9.17) is 9.97 Å². The van der Waals surface area contributed by atoms with Gasteiger partial charge in [-0.25, -0.2) is 0 Å². The molecule has 0 radical (unpaired) electrons. The van der Waals surface area contributed by atoms with Gasteiger partial charge < -0.3 is 4.57 Å². The first-order valence-electron chi connectivity index (χ1n) is 19.6. The van der Waals surface area contributed by atoms with E-state index in [0.29, 0.717) is 0 Å². The van der Waals surface area contributed by atoms with Gasteiger partial charge in [0.25, 0.3) is 0 Å². The van der Waals surface area contributed by atoms with Crippen molar-refractivity contribution in [1.82, 2.24) is 14.5 Å². The maximum absolute atomic E-state index is 5.10. The Labute approximate surface area is 323 Å². The number of hydrogen-bond donors (Lipinski definition) is 0. The number of para-hydroxylation sites is 1. The Balaban J connectivity index is 1.48. The molecule has 9 rings (SSSR count). The van der Waals surface area contributed by atoms with Crippen molar-refractivity contribution in [3.63, 3.8) is 0 Å². The molecule has 0 aliphatic heterocycles. The van der Waals surface area contributed by atoms with Crippen molar-refractivity contribution in [2.45, 2.75) is 39.2 Å². The van der Waals surface area contributed by atoms with Gasteiger partial charge in [0, 0.05) is 63.0 Å². The molecule has 55 heavy (non-hydrogen) atoms. The molecule has 0 spiro atoms. The fourth-order valence-electron chi connectivity index (χ4n) is 8.40. The van der Waals surface area contributed by atoms with Gasteiger partial charge in [-0.05, 0) is 82.3 Å². The summed E-state index contributed by atoms with van der Waals surface area (Å²) in [7, 11) is 0. The van der Waals surface area contributed by atoms with Crippen molar-refractivity contribution in [2.75, 3.05) is 0 Å². The fourth-order valence-corrected chi connectivity index (χ4v) is 8.40. The number of pyridine rings is 2. The molecule has 6 aromatic carbocycles. The molecule has 3 heterocycles. The fraction of sp³-hybridized carbons (Fsp3) is 0.115. The summed E-state index contributed by atoms with van der Waals surface area (Å²) in [6, 6.07) is 61.2. The van der Waals surface area contributed by atoms with Crippen LogP contribution in [0.3, 0.4) is 0 Å². The Morgan fingerprint density at radius 1 is 0.382 bits per heavy atom. The van der Waals surface area contributed by atoms with Crippen molar-refractivity contribution in [2.24, 2.45) is 0 Å². The van der Waals surface area contributed by atoms with Crippen molar-refractivity contribution < 1.29 is 0 Å². The molecule has 0 aliphatic carbocycles. The second-order valence-electron chi connectivity index (χ2n) is 14.2. The molecule has 3 aromatic heterocycles. The Morgan fingerprint density at radius 3 is 1.38 bits per heavy atom. The van der Waals surface area contributed by atoms with E-state index >= 15 is 0 Å². The molecule has 0 bridgehead atoms. The topological polar surface area (TPSA) is 30.7 Å². The molecule has 0 saturated heterocycles. The van der Waals surface area contributed by atoms with E-state index in [-0.39, 0.29) is 0 Å². The smallest absolute Gasteiger partial charge is 0.0715 e. The van der Waals surface area contributed by atoms with Crippen LogP contribution in [0.4, 0.5) is 0 Å². The molecular weight excluding hydrogens is 667 g/mol. The van der Waals surface area contributed by atoms with Crippen molar-refractivity contribution in [3.8, 4) is 67.0 Å². The molecule has 0 atom stereocenters. The molecule has 266 valence electrons. The molecule has 0 N–H and O–H groups in total. The first-order valence-corrected chi connectivity index (χ1v) is 19.6. The lowest BCUT2D eigenvalue weighted by Crippen LogP contribution is -2.03. The summed E-state index contributed by atoms with van der Waals surface area (Å²) in [6.45, 7) is 3.29. The Hall–Kier alpha value is -6.58. The highest BCUT2D eigenvalue weighted by Gasteiger charge is 2.30. The maximum Gasteiger partial charge on any atom is 0.0715 e. The zero-order valence-electron chi connectivity index (χ0n) is 31.2. The van der Waals surface area contributed by atoms with Gasteiger partial charge in [-0.15, -0.1) is 0 Å². The lowest BCUT2D eigenvalue weighted by atomic mass is 9.75. The van der Waals surface area contributed by atoms with Crippen LogP contribution in [0.5, 0.6) is 0 Å². The second kappa shape index (κ2) is 15.4. The van der Waals surface area contributed by atoms with Crippen LogP contribution >= 0.6 is 0 Å². The molecular formula is C52H43N3. The summed E-state index contributed by atoms with van der Waals surface area (Å²) in [5, 5.41) is 2.56. The number of aromatic nitrogens is 3. The van der Waals surface area contributed by atoms with Gasteiger partial charge >= 0.3 is 0 Å². The van der Waals surface area contributed by atoms with Gasteiger partial charge in [0.15, 0.2) is 0 Å². The second-order valence-corrected chi connectivity index (χ2v) is 14.2. The maximum atomic E-state index is 5.10. The van der Waals surface area contributed by atoms with Crippen LogP contribution in [0.2, 0.25) is 0 Å². The number of benzene rings is 6. The lowest BCUT2D eigenvalue weighted by molar-refractivity contribution is 0.602. The van der Waals surface area contributed by atoms with Crippen LogP contribution < -0.4 is 0 Å². The summed E-state index contributed by atoms with van der Waals surface area (Å²) in [6.07, 6.45) is 8.71. The quantitative estimate of drug-likeness (QED) is 0.125. The van der Waals surface area contributed by atoms with Gasteiger partial charge in [0.1, 0.15) is 0 Å². The van der Waals surface area contributed by atoms with Crippen LogP contribution in [0, 0.1) is 0 Å². The average molecular weight is 710 g/mol. The van der Waals surface area contributed by atoms with E-state index in [2.05, 4.69) is 169 Å². The highest BCUT2D eigenvalue weighted by molar-refractivity contribution is 6.16. The predicted molar refractivity (Wildman–Crippen MR) is 232 cm³/mol. The van der Waals surface area contributed by atoms with Gasteiger partial charge in [-0.2, -0.15) is 0 Å². The molecule has 0 saturated carbocycles. The van der Waals surface area contributed by atoms with Gasteiger partial charge in [0.05, 0.1) is 11.4 Å². The minimum atomic E-state index is 0.907. The highest BCUT2D eigenvalue weighted by atomic mass is 15.0. The Kier molecular flexibility index (Phi) is 9.59. The third kappa shape index (κ3) is 6.42. The van der Waals surface area contributed by atoms with Gasteiger partial charge in [-0.3, -0.25) is 9.97 Å². The summed E-state index contributed by atoms with van der Waals surface area (Å²) >= 11 is 0. The number of hydrogen-bond acceptors (Lipinski definition) is 2. The zero-order valence-corrected chi connectivity index (χ0v) is 31.2.